The van der Waals surface area contributed by atoms with Crippen molar-refractivity contribution < 1.29 is 0 Å². The number of rotatable bonds is 2. The van der Waals surface area contributed by atoms with Gasteiger partial charge >= 0.3 is 0 Å². The lowest BCUT2D eigenvalue weighted by atomic mass is 10.0. The minimum absolute atomic E-state index is 0.819. The van der Waals surface area contributed by atoms with E-state index in [9.17, 15) is 0 Å². The molecular weight excluding hydrogens is 272 g/mol. The highest BCUT2D eigenvalue weighted by Gasteiger charge is 2.10. The van der Waals surface area contributed by atoms with Crippen LogP contribution in [0.25, 0.3) is 21.9 Å². The van der Waals surface area contributed by atoms with E-state index in [4.69, 9.17) is 11.6 Å². The van der Waals surface area contributed by atoms with Crippen molar-refractivity contribution in [1.82, 2.24) is 0 Å². The Bertz CT molecular complexity index is 720. The molecule has 0 aromatic heterocycles. The zero-order valence-corrected chi connectivity index (χ0v) is 12.1. The van der Waals surface area contributed by atoms with E-state index in [2.05, 4.69) is 48.7 Å². The monoisotopic (exact) mass is 284 g/mol. The highest BCUT2D eigenvalue weighted by Crippen LogP contribution is 2.39. The lowest BCUT2D eigenvalue weighted by Gasteiger charge is -2.12. The van der Waals surface area contributed by atoms with E-state index in [0.717, 1.165) is 10.4 Å². The fourth-order valence-electron chi connectivity index (χ4n) is 2.36. The molecule has 0 atom stereocenters. The van der Waals surface area contributed by atoms with Crippen molar-refractivity contribution >= 4 is 34.1 Å². The SMILES string of the molecule is CSc1c(-c2ccccc2)ccc2cccc(Cl)c12. The van der Waals surface area contributed by atoms with Crippen LogP contribution in [0, 0.1) is 0 Å². The summed E-state index contributed by atoms with van der Waals surface area (Å²) in [6.07, 6.45) is 2.10. The Morgan fingerprint density at radius 1 is 0.842 bits per heavy atom. The molecule has 2 heteroatoms. The van der Waals surface area contributed by atoms with E-state index in [1.165, 1.54) is 21.4 Å². The Labute approximate surface area is 122 Å². The molecule has 0 aliphatic rings. The molecule has 0 bridgehead atoms. The summed E-state index contributed by atoms with van der Waals surface area (Å²) >= 11 is 8.14. The van der Waals surface area contributed by atoms with Crippen LogP contribution in [0.5, 0.6) is 0 Å². The van der Waals surface area contributed by atoms with E-state index in [1.54, 1.807) is 11.8 Å². The van der Waals surface area contributed by atoms with Gasteiger partial charge in [0.05, 0.1) is 0 Å². The van der Waals surface area contributed by atoms with Crippen molar-refractivity contribution in [3.05, 3.63) is 65.7 Å². The first-order valence-electron chi connectivity index (χ1n) is 6.12. The number of hydrogen-bond donors (Lipinski definition) is 0. The normalized spacial score (nSPS) is 10.8. The Morgan fingerprint density at radius 2 is 1.63 bits per heavy atom. The van der Waals surface area contributed by atoms with Gasteiger partial charge in [-0.25, -0.2) is 0 Å². The predicted molar refractivity (Wildman–Crippen MR) is 86.2 cm³/mol. The first-order valence-corrected chi connectivity index (χ1v) is 7.72. The molecule has 3 aromatic carbocycles. The summed E-state index contributed by atoms with van der Waals surface area (Å²) in [7, 11) is 0. The molecule has 0 spiro atoms. The number of hydrogen-bond acceptors (Lipinski definition) is 1. The molecule has 0 heterocycles. The fraction of sp³-hybridized carbons (Fsp3) is 0.0588. The summed E-state index contributed by atoms with van der Waals surface area (Å²) in [4.78, 5) is 1.24. The quantitative estimate of drug-likeness (QED) is 0.529. The summed E-state index contributed by atoms with van der Waals surface area (Å²) < 4.78 is 0. The highest BCUT2D eigenvalue weighted by molar-refractivity contribution is 7.99. The average molecular weight is 285 g/mol. The molecule has 0 fully saturated rings. The Kier molecular flexibility index (Phi) is 3.50. The fourth-order valence-corrected chi connectivity index (χ4v) is 3.53. The molecule has 3 rings (SSSR count). The molecule has 0 N–H and O–H groups in total. The summed E-state index contributed by atoms with van der Waals surface area (Å²) in [6, 6.07) is 20.8. The molecule has 0 amide bonds. The highest BCUT2D eigenvalue weighted by atomic mass is 35.5. The van der Waals surface area contributed by atoms with E-state index in [0.29, 0.717) is 0 Å². The second-order valence-corrected chi connectivity index (χ2v) is 5.57. The van der Waals surface area contributed by atoms with Gasteiger partial charge in [-0.15, -0.1) is 11.8 Å². The lowest BCUT2D eigenvalue weighted by molar-refractivity contribution is 1.51. The summed E-state index contributed by atoms with van der Waals surface area (Å²) in [5.74, 6) is 0. The maximum Gasteiger partial charge on any atom is 0.0495 e. The smallest absolute Gasteiger partial charge is 0.0495 e. The molecule has 94 valence electrons. The molecule has 0 aliphatic heterocycles. The van der Waals surface area contributed by atoms with Crippen LogP contribution < -0.4 is 0 Å². The van der Waals surface area contributed by atoms with Crippen LogP contribution in [0.4, 0.5) is 0 Å². The Hall–Kier alpha value is -1.44. The number of benzene rings is 3. The van der Waals surface area contributed by atoms with Crippen molar-refractivity contribution in [1.29, 1.82) is 0 Å². The van der Waals surface area contributed by atoms with Gasteiger partial charge < -0.3 is 0 Å². The summed E-state index contributed by atoms with van der Waals surface area (Å²) in [5.41, 5.74) is 2.47. The largest absolute Gasteiger partial charge is 0.128 e. The third-order valence-electron chi connectivity index (χ3n) is 3.24. The summed E-state index contributed by atoms with van der Waals surface area (Å²) in [5, 5.41) is 3.16. The maximum atomic E-state index is 6.39. The zero-order chi connectivity index (χ0) is 13.2. The van der Waals surface area contributed by atoms with Gasteiger partial charge in [-0.1, -0.05) is 66.2 Å². The van der Waals surface area contributed by atoms with Gasteiger partial charge in [-0.2, -0.15) is 0 Å². The van der Waals surface area contributed by atoms with Crippen molar-refractivity contribution in [2.45, 2.75) is 4.90 Å². The van der Waals surface area contributed by atoms with Crippen molar-refractivity contribution in [3.63, 3.8) is 0 Å². The van der Waals surface area contributed by atoms with E-state index in [-0.39, 0.29) is 0 Å². The maximum absolute atomic E-state index is 6.39. The van der Waals surface area contributed by atoms with Crippen molar-refractivity contribution in [3.8, 4) is 11.1 Å². The summed E-state index contributed by atoms with van der Waals surface area (Å²) in [6.45, 7) is 0. The van der Waals surface area contributed by atoms with E-state index < -0.39 is 0 Å². The van der Waals surface area contributed by atoms with Gasteiger partial charge in [0.2, 0.25) is 0 Å². The van der Waals surface area contributed by atoms with Crippen LogP contribution in [-0.2, 0) is 0 Å². The van der Waals surface area contributed by atoms with Crippen LogP contribution in [0.3, 0.4) is 0 Å². The van der Waals surface area contributed by atoms with Crippen LogP contribution >= 0.6 is 23.4 Å². The molecule has 0 aliphatic carbocycles. The molecule has 0 radical (unpaired) electrons. The van der Waals surface area contributed by atoms with Gasteiger partial charge in [0, 0.05) is 15.3 Å². The first kappa shape index (κ1) is 12.6. The molecule has 3 aromatic rings. The Balaban J connectivity index is 2.36. The lowest BCUT2D eigenvalue weighted by Crippen LogP contribution is -1.85. The second kappa shape index (κ2) is 5.28. The average Bonchev–Trinajstić information content (AvgIpc) is 2.47. The predicted octanol–water partition coefficient (Wildman–Crippen LogP) is 5.88. The van der Waals surface area contributed by atoms with Gasteiger partial charge in [0.1, 0.15) is 0 Å². The minimum Gasteiger partial charge on any atom is -0.128 e. The topological polar surface area (TPSA) is 0 Å². The molecule has 0 unspecified atom stereocenters. The van der Waals surface area contributed by atoms with Gasteiger partial charge in [0.25, 0.3) is 0 Å². The molecular formula is C17H13ClS. The van der Waals surface area contributed by atoms with Gasteiger partial charge in [0.15, 0.2) is 0 Å². The zero-order valence-electron chi connectivity index (χ0n) is 10.6. The van der Waals surface area contributed by atoms with Crippen LogP contribution in [0.15, 0.2) is 65.6 Å². The Morgan fingerprint density at radius 3 is 2.37 bits per heavy atom. The third kappa shape index (κ3) is 2.24. The second-order valence-electron chi connectivity index (χ2n) is 4.35. The first-order chi connectivity index (χ1) is 9.31. The third-order valence-corrected chi connectivity index (χ3v) is 4.38. The van der Waals surface area contributed by atoms with Crippen LogP contribution in [-0.4, -0.2) is 6.26 Å². The van der Waals surface area contributed by atoms with Crippen LogP contribution in [0.1, 0.15) is 0 Å². The van der Waals surface area contributed by atoms with Crippen LogP contribution in [0.2, 0.25) is 5.02 Å². The minimum atomic E-state index is 0.819. The molecule has 19 heavy (non-hydrogen) atoms. The van der Waals surface area contributed by atoms with Gasteiger partial charge in [-0.3, -0.25) is 0 Å². The molecule has 0 saturated carbocycles. The van der Waals surface area contributed by atoms with Crippen molar-refractivity contribution in [2.75, 3.05) is 6.26 Å². The number of halogens is 1. The number of thioether (sulfide) groups is 1. The van der Waals surface area contributed by atoms with Crippen molar-refractivity contribution in [2.24, 2.45) is 0 Å². The van der Waals surface area contributed by atoms with E-state index >= 15 is 0 Å². The standard InChI is InChI=1S/C17H13ClS/c1-19-17-14(12-6-3-2-4-7-12)11-10-13-8-5-9-15(18)16(13)17/h2-11H,1H3. The van der Waals surface area contributed by atoms with Gasteiger partial charge in [-0.05, 0) is 28.8 Å². The van der Waals surface area contributed by atoms with E-state index in [1.807, 2.05) is 18.2 Å². The number of fused-ring (bicyclic) bond motifs is 1. The molecule has 0 nitrogen and oxygen atoms in total. The molecule has 0 saturated heterocycles.